The van der Waals surface area contributed by atoms with Gasteiger partial charge < -0.3 is 4.74 Å². The molecule has 0 fully saturated rings. The molecule has 0 saturated heterocycles. The lowest BCUT2D eigenvalue weighted by molar-refractivity contribution is -0.123. The van der Waals surface area contributed by atoms with E-state index in [0.717, 1.165) is 22.1 Å². The zero-order chi connectivity index (χ0) is 27.8. The number of nitrogens with one attached hydrogen (secondary N) is 2. The molecule has 4 aromatic carbocycles. The topological polar surface area (TPSA) is 96.9 Å². The highest BCUT2D eigenvalue weighted by Crippen LogP contribution is 2.21. The average Bonchev–Trinajstić information content (AvgIpc) is 2.92. The highest BCUT2D eigenvalue weighted by atomic mass is 32.2. The van der Waals surface area contributed by atoms with Crippen molar-refractivity contribution in [1.82, 2.24) is 10.1 Å². The summed E-state index contributed by atoms with van der Waals surface area (Å²) in [6, 6.07) is 27.2. The van der Waals surface area contributed by atoms with E-state index < -0.39 is 22.0 Å². The number of hydrogen-bond donors (Lipinski definition) is 2. The van der Waals surface area contributed by atoms with Gasteiger partial charge in [0.15, 0.2) is 0 Å². The lowest BCUT2D eigenvalue weighted by Gasteiger charge is -2.19. The average molecular weight is 544 g/mol. The fraction of sp³-hybridized carbons (Fsp3) is 0.226. The lowest BCUT2D eigenvalue weighted by atomic mass is 10.0. The zero-order valence-electron chi connectivity index (χ0n) is 22.3. The number of fused-ring (bicyclic) bond motifs is 1. The summed E-state index contributed by atoms with van der Waals surface area (Å²) in [5, 5.41) is 6.38. The number of hydrazone groups is 1. The monoisotopic (exact) mass is 543 g/mol. The van der Waals surface area contributed by atoms with Gasteiger partial charge in [-0.2, -0.15) is 9.82 Å². The number of rotatable bonds is 11. The fourth-order valence-electron chi connectivity index (χ4n) is 4.13. The normalized spacial score (nSPS) is 12.6. The van der Waals surface area contributed by atoms with Crippen LogP contribution in [0, 0.1) is 12.8 Å². The van der Waals surface area contributed by atoms with Crippen LogP contribution in [0.3, 0.4) is 0 Å². The van der Waals surface area contributed by atoms with Gasteiger partial charge in [-0.25, -0.2) is 13.8 Å². The number of hydrogen-bond acceptors (Lipinski definition) is 5. The second kappa shape index (κ2) is 12.7. The molecule has 8 heteroatoms. The molecule has 0 aliphatic rings. The van der Waals surface area contributed by atoms with E-state index in [1.807, 2.05) is 63.2 Å². The van der Waals surface area contributed by atoms with Crippen molar-refractivity contribution in [2.75, 3.05) is 0 Å². The molecule has 2 N–H and O–H groups in total. The maximum absolute atomic E-state index is 12.8. The molecule has 0 unspecified atom stereocenters. The minimum atomic E-state index is -3.86. The molecule has 0 heterocycles. The second-order valence-corrected chi connectivity index (χ2v) is 11.6. The molecule has 0 aromatic heterocycles. The molecule has 0 bridgehead atoms. The molecule has 4 aromatic rings. The van der Waals surface area contributed by atoms with Crippen LogP contribution in [0.5, 0.6) is 5.75 Å². The van der Waals surface area contributed by atoms with Crippen LogP contribution in [0.25, 0.3) is 10.8 Å². The maximum Gasteiger partial charge on any atom is 0.258 e. The van der Waals surface area contributed by atoms with Crippen LogP contribution < -0.4 is 14.9 Å². The summed E-state index contributed by atoms with van der Waals surface area (Å²) in [6.07, 6.45) is 1.84. The summed E-state index contributed by atoms with van der Waals surface area (Å²) in [4.78, 5) is 12.9. The number of carbonyl (C=O) groups excluding carboxylic acids is 1. The highest BCUT2D eigenvalue weighted by Gasteiger charge is 2.26. The van der Waals surface area contributed by atoms with Crippen LogP contribution in [-0.4, -0.2) is 26.6 Å². The third kappa shape index (κ3) is 7.75. The number of sulfonamides is 1. The summed E-state index contributed by atoms with van der Waals surface area (Å²) in [7, 11) is -3.86. The number of ether oxygens (including phenoxy) is 1. The van der Waals surface area contributed by atoms with Crippen molar-refractivity contribution in [3.8, 4) is 5.75 Å². The van der Waals surface area contributed by atoms with E-state index in [0.29, 0.717) is 18.8 Å². The van der Waals surface area contributed by atoms with Gasteiger partial charge >= 0.3 is 0 Å². The Balaban J connectivity index is 1.35. The van der Waals surface area contributed by atoms with Crippen LogP contribution in [0.2, 0.25) is 0 Å². The molecular weight excluding hydrogens is 510 g/mol. The molecular formula is C31H33N3O4S. The molecule has 7 nitrogen and oxygen atoms in total. The van der Waals surface area contributed by atoms with Gasteiger partial charge in [-0.05, 0) is 77.6 Å². The van der Waals surface area contributed by atoms with E-state index in [4.69, 9.17) is 4.74 Å². The third-order valence-electron chi connectivity index (χ3n) is 6.20. The van der Waals surface area contributed by atoms with E-state index >= 15 is 0 Å². The first-order valence-corrected chi connectivity index (χ1v) is 14.3. The van der Waals surface area contributed by atoms with Gasteiger partial charge in [0.25, 0.3) is 5.91 Å². The van der Waals surface area contributed by atoms with E-state index in [1.54, 1.807) is 12.1 Å². The molecule has 0 radical (unpaired) electrons. The van der Waals surface area contributed by atoms with Crippen LogP contribution >= 0.6 is 0 Å². The number of aryl methyl sites for hydroxylation is 1. The Kier molecular flexibility index (Phi) is 9.11. The maximum atomic E-state index is 12.8. The number of amides is 1. The first-order valence-electron chi connectivity index (χ1n) is 12.8. The Morgan fingerprint density at radius 2 is 1.62 bits per heavy atom. The van der Waals surface area contributed by atoms with Crippen molar-refractivity contribution in [3.63, 3.8) is 0 Å². The molecule has 39 heavy (non-hydrogen) atoms. The van der Waals surface area contributed by atoms with Crippen molar-refractivity contribution in [1.29, 1.82) is 0 Å². The molecule has 0 aliphatic carbocycles. The largest absolute Gasteiger partial charge is 0.489 e. The van der Waals surface area contributed by atoms with Crippen molar-refractivity contribution in [3.05, 3.63) is 108 Å². The van der Waals surface area contributed by atoms with Crippen LogP contribution in [-0.2, 0) is 21.4 Å². The predicted molar refractivity (Wildman–Crippen MR) is 155 cm³/mol. The summed E-state index contributed by atoms with van der Waals surface area (Å²) >= 11 is 0. The van der Waals surface area contributed by atoms with Crippen LogP contribution in [0.15, 0.2) is 101 Å². The van der Waals surface area contributed by atoms with E-state index in [2.05, 4.69) is 39.5 Å². The fourth-order valence-corrected chi connectivity index (χ4v) is 5.34. The van der Waals surface area contributed by atoms with Crippen molar-refractivity contribution in [2.24, 2.45) is 11.0 Å². The quantitative estimate of drug-likeness (QED) is 0.191. The third-order valence-corrected chi connectivity index (χ3v) is 7.68. The molecule has 1 amide bonds. The standard InChI is InChI=1S/C31H33N3O4S/c1-22(2)19-30(34-39(36,37)28-17-11-23(3)12-18-28)31(35)33-32-20-24-13-15-27(16-14-24)38-21-26-9-6-8-25-7-4-5-10-29(25)26/h4-18,20,22,30,34H,19,21H2,1-3H3,(H,33,35)/b32-20-/t30-/m1/s1. The Morgan fingerprint density at radius 1 is 0.923 bits per heavy atom. The Hall–Kier alpha value is -4.01. The van der Waals surface area contributed by atoms with Crippen LogP contribution in [0.4, 0.5) is 0 Å². The Morgan fingerprint density at radius 3 is 2.33 bits per heavy atom. The molecule has 202 valence electrons. The summed E-state index contributed by atoms with van der Waals surface area (Å²) < 4.78 is 34.2. The molecule has 0 aliphatic heterocycles. The second-order valence-electron chi connectivity index (χ2n) is 9.85. The van der Waals surface area contributed by atoms with Gasteiger partial charge in [0.2, 0.25) is 10.0 Å². The number of carbonyl (C=O) groups is 1. The first kappa shape index (κ1) is 28.0. The van der Waals surface area contributed by atoms with Crippen molar-refractivity contribution >= 4 is 32.9 Å². The Labute approximate surface area is 230 Å². The number of nitrogens with zero attached hydrogens (tertiary/aromatic N) is 1. The smallest absolute Gasteiger partial charge is 0.258 e. The highest BCUT2D eigenvalue weighted by molar-refractivity contribution is 7.89. The van der Waals surface area contributed by atoms with Gasteiger partial charge in [0.1, 0.15) is 18.4 Å². The van der Waals surface area contributed by atoms with Crippen molar-refractivity contribution < 1.29 is 17.9 Å². The van der Waals surface area contributed by atoms with Gasteiger partial charge in [-0.3, -0.25) is 4.79 Å². The van der Waals surface area contributed by atoms with E-state index in [-0.39, 0.29) is 10.8 Å². The number of benzene rings is 4. The van der Waals surface area contributed by atoms with E-state index in [9.17, 15) is 13.2 Å². The summed E-state index contributed by atoms with van der Waals surface area (Å²) in [5.74, 6) is 0.282. The predicted octanol–water partition coefficient (Wildman–Crippen LogP) is 5.57. The zero-order valence-corrected chi connectivity index (χ0v) is 23.1. The van der Waals surface area contributed by atoms with Crippen LogP contribution in [0.1, 0.15) is 37.0 Å². The Bertz CT molecular complexity index is 1540. The summed E-state index contributed by atoms with van der Waals surface area (Å²) in [5.41, 5.74) is 5.28. The molecule has 1 atom stereocenters. The SMILES string of the molecule is Cc1ccc(S(=O)(=O)N[C@H](CC(C)C)C(=O)N/N=C\c2ccc(OCc3cccc4ccccc34)cc2)cc1. The minimum absolute atomic E-state index is 0.0897. The van der Waals surface area contributed by atoms with Gasteiger partial charge in [-0.1, -0.05) is 74.0 Å². The van der Waals surface area contributed by atoms with E-state index in [1.165, 1.54) is 23.7 Å². The minimum Gasteiger partial charge on any atom is -0.489 e. The van der Waals surface area contributed by atoms with Crippen molar-refractivity contribution in [2.45, 2.75) is 44.7 Å². The van der Waals surface area contributed by atoms with Gasteiger partial charge in [-0.15, -0.1) is 0 Å². The summed E-state index contributed by atoms with van der Waals surface area (Å²) in [6.45, 7) is 6.17. The molecule has 0 spiro atoms. The van der Waals surface area contributed by atoms with Gasteiger partial charge in [0.05, 0.1) is 11.1 Å². The lowest BCUT2D eigenvalue weighted by Crippen LogP contribution is -2.46. The molecule has 4 rings (SSSR count). The first-order chi connectivity index (χ1) is 18.7. The molecule has 0 saturated carbocycles. The van der Waals surface area contributed by atoms with Gasteiger partial charge in [0, 0.05) is 0 Å².